The van der Waals surface area contributed by atoms with Crippen LogP contribution in [0.1, 0.15) is 20.8 Å². The van der Waals surface area contributed by atoms with Gasteiger partial charge in [0.25, 0.3) is 0 Å². The first-order chi connectivity index (χ1) is 5.18. The second-order valence-electron chi connectivity index (χ2n) is 1.49. The Labute approximate surface area is 66.3 Å². The third kappa shape index (κ3) is 28.0. The van der Waals surface area contributed by atoms with Gasteiger partial charge in [0.1, 0.15) is 0 Å². The van der Waals surface area contributed by atoms with Crippen LogP contribution < -0.4 is 0 Å². The van der Waals surface area contributed by atoms with E-state index in [0.717, 1.165) is 0 Å². The molecule has 0 aliphatic carbocycles. The van der Waals surface area contributed by atoms with Crippen molar-refractivity contribution in [2.75, 3.05) is 13.2 Å². The van der Waals surface area contributed by atoms with Crippen LogP contribution in [0, 0.1) is 0 Å². The minimum atomic E-state index is -0.211. The smallest absolute Gasteiger partial charge is 0.302 e. The Hall–Kier alpha value is -1.15. The van der Waals surface area contributed by atoms with Crippen LogP contribution >= 0.6 is 0 Å². The van der Waals surface area contributed by atoms with Gasteiger partial charge in [-0.1, -0.05) is 0 Å². The van der Waals surface area contributed by atoms with Crippen LogP contribution in [-0.2, 0) is 14.3 Å². The van der Waals surface area contributed by atoms with Crippen LogP contribution in [0.5, 0.6) is 0 Å². The topological polar surface area (TPSA) is 55.7 Å². The number of esters is 1. The molecule has 0 aromatic carbocycles. The van der Waals surface area contributed by atoms with Gasteiger partial charge in [0.2, 0.25) is 6.08 Å². The molecule has 0 bridgehead atoms. The maximum Gasteiger partial charge on any atom is 0.302 e. The molecule has 4 heteroatoms. The number of carbonyl (C=O) groups excluding carboxylic acids is 2. The number of nitrogens with zero attached hydrogens (tertiary/aromatic N) is 1. The van der Waals surface area contributed by atoms with Crippen LogP contribution in [-0.4, -0.2) is 25.2 Å². The lowest BCUT2D eigenvalue weighted by atomic mass is 10.8. The highest BCUT2D eigenvalue weighted by Gasteiger charge is 1.81. The van der Waals surface area contributed by atoms with Crippen LogP contribution in [0.15, 0.2) is 4.99 Å². The first kappa shape index (κ1) is 12.5. The largest absolute Gasteiger partial charge is 0.466 e. The molecule has 4 nitrogen and oxygen atoms in total. The van der Waals surface area contributed by atoms with Crippen LogP contribution in [0.25, 0.3) is 0 Å². The Morgan fingerprint density at radius 2 is 2.09 bits per heavy atom. The van der Waals surface area contributed by atoms with Gasteiger partial charge in [0, 0.05) is 13.5 Å². The van der Waals surface area contributed by atoms with Gasteiger partial charge in [-0.05, 0) is 13.8 Å². The Balaban J connectivity index is 0. The molecule has 0 spiro atoms. The van der Waals surface area contributed by atoms with Gasteiger partial charge in [0.15, 0.2) is 0 Å². The SMILES string of the molecule is CCN=C=O.CCOC(C)=O. The van der Waals surface area contributed by atoms with Crippen LogP contribution in [0.3, 0.4) is 0 Å². The van der Waals surface area contributed by atoms with E-state index in [-0.39, 0.29) is 5.97 Å². The van der Waals surface area contributed by atoms with Crippen molar-refractivity contribution in [2.24, 2.45) is 4.99 Å². The van der Waals surface area contributed by atoms with E-state index in [9.17, 15) is 4.79 Å². The third-order valence-corrected chi connectivity index (χ3v) is 0.570. The molecule has 0 N–H and O–H groups in total. The van der Waals surface area contributed by atoms with E-state index in [0.29, 0.717) is 13.2 Å². The second kappa shape index (κ2) is 11.6. The molecule has 0 rings (SSSR count). The Bertz CT molecular complexity index is 139. The number of rotatable bonds is 2. The number of carbonyl (C=O) groups is 1. The van der Waals surface area contributed by atoms with Crippen LogP contribution in [0.4, 0.5) is 0 Å². The number of hydrogen-bond donors (Lipinski definition) is 0. The van der Waals surface area contributed by atoms with Crippen molar-refractivity contribution in [3.05, 3.63) is 0 Å². The fourth-order valence-electron chi connectivity index (χ4n) is 0.268. The molecule has 0 heterocycles. The van der Waals surface area contributed by atoms with Gasteiger partial charge in [-0.25, -0.2) is 9.79 Å². The van der Waals surface area contributed by atoms with E-state index >= 15 is 0 Å². The van der Waals surface area contributed by atoms with Gasteiger partial charge >= 0.3 is 5.97 Å². The summed E-state index contributed by atoms with van der Waals surface area (Å²) in [4.78, 5) is 22.1. The van der Waals surface area contributed by atoms with E-state index in [2.05, 4.69) is 9.73 Å². The quantitative estimate of drug-likeness (QED) is 0.342. The molecule has 0 aliphatic heterocycles. The number of aliphatic imine (C=N–C) groups is 1. The molecular formula is C7H13NO3. The van der Waals surface area contributed by atoms with Gasteiger partial charge in [-0.3, -0.25) is 4.79 Å². The van der Waals surface area contributed by atoms with Gasteiger partial charge in [-0.15, -0.1) is 0 Å². The third-order valence-electron chi connectivity index (χ3n) is 0.570. The normalized spacial score (nSPS) is 6.82. The number of hydrogen-bond acceptors (Lipinski definition) is 4. The summed E-state index contributed by atoms with van der Waals surface area (Å²) in [5, 5.41) is 0. The molecule has 0 saturated heterocycles. The summed E-state index contributed by atoms with van der Waals surface area (Å²) in [6.07, 6.45) is 1.39. The summed E-state index contributed by atoms with van der Waals surface area (Å²) < 4.78 is 4.40. The minimum absolute atomic E-state index is 0.211. The molecule has 0 aliphatic rings. The molecule has 0 aromatic rings. The lowest BCUT2D eigenvalue weighted by Gasteiger charge is -1.89. The second-order valence-corrected chi connectivity index (χ2v) is 1.49. The highest BCUT2D eigenvalue weighted by Crippen LogP contribution is 1.69. The molecule has 0 saturated carbocycles. The van der Waals surface area contributed by atoms with Gasteiger partial charge < -0.3 is 4.74 Å². The Morgan fingerprint density at radius 3 is 2.09 bits per heavy atom. The highest BCUT2D eigenvalue weighted by atomic mass is 16.5. The maximum atomic E-state index is 9.82. The molecule has 0 radical (unpaired) electrons. The van der Waals surface area contributed by atoms with Crippen LogP contribution in [0.2, 0.25) is 0 Å². The van der Waals surface area contributed by atoms with Crippen molar-refractivity contribution in [3.8, 4) is 0 Å². The first-order valence-electron chi connectivity index (χ1n) is 3.36. The minimum Gasteiger partial charge on any atom is -0.466 e. The van der Waals surface area contributed by atoms with Crippen molar-refractivity contribution in [3.63, 3.8) is 0 Å². The van der Waals surface area contributed by atoms with Gasteiger partial charge in [-0.2, -0.15) is 0 Å². The van der Waals surface area contributed by atoms with E-state index in [1.807, 2.05) is 0 Å². The maximum absolute atomic E-state index is 9.82. The summed E-state index contributed by atoms with van der Waals surface area (Å²) >= 11 is 0. The van der Waals surface area contributed by atoms with E-state index in [1.54, 1.807) is 13.8 Å². The molecule has 0 aromatic heterocycles. The fraction of sp³-hybridized carbons (Fsp3) is 0.714. The zero-order valence-electron chi connectivity index (χ0n) is 7.09. The average molecular weight is 159 g/mol. The summed E-state index contributed by atoms with van der Waals surface area (Å²) in [7, 11) is 0. The number of isocyanates is 1. The van der Waals surface area contributed by atoms with E-state index < -0.39 is 0 Å². The zero-order valence-corrected chi connectivity index (χ0v) is 7.09. The summed E-state index contributed by atoms with van der Waals surface area (Å²) in [6, 6.07) is 0. The van der Waals surface area contributed by atoms with Gasteiger partial charge in [0.05, 0.1) is 6.61 Å². The number of ether oxygens (including phenoxy) is 1. The predicted molar refractivity (Wildman–Crippen MR) is 41.0 cm³/mol. The Kier molecular flexibility index (Phi) is 13.2. The lowest BCUT2D eigenvalue weighted by molar-refractivity contribution is -0.140. The summed E-state index contributed by atoms with van der Waals surface area (Å²) in [5.41, 5.74) is 0. The predicted octanol–water partition coefficient (Wildman–Crippen LogP) is 0.911. The zero-order chi connectivity index (χ0) is 9.11. The van der Waals surface area contributed by atoms with Crippen molar-refractivity contribution in [1.29, 1.82) is 0 Å². The monoisotopic (exact) mass is 159 g/mol. The molecule has 64 valence electrons. The van der Waals surface area contributed by atoms with Crippen molar-refractivity contribution >= 4 is 12.0 Å². The molecular weight excluding hydrogens is 146 g/mol. The standard InChI is InChI=1S/C4H8O2.C3H5NO/c1-3-6-4(2)5;1-2-4-3-5/h3H2,1-2H3;2H2,1H3. The van der Waals surface area contributed by atoms with Crippen molar-refractivity contribution in [2.45, 2.75) is 20.8 Å². The lowest BCUT2D eigenvalue weighted by Crippen LogP contribution is -1.95. The average Bonchev–Trinajstić information content (AvgIpc) is 1.90. The molecule has 0 amide bonds. The molecule has 0 atom stereocenters. The van der Waals surface area contributed by atoms with E-state index in [1.165, 1.54) is 13.0 Å². The first-order valence-corrected chi connectivity index (χ1v) is 3.36. The summed E-state index contributed by atoms with van der Waals surface area (Å²) in [6.45, 7) is 5.98. The van der Waals surface area contributed by atoms with E-state index in [4.69, 9.17) is 4.79 Å². The molecule has 0 unspecified atom stereocenters. The molecule has 0 fully saturated rings. The van der Waals surface area contributed by atoms with Crippen molar-refractivity contribution < 1.29 is 14.3 Å². The molecule has 11 heavy (non-hydrogen) atoms. The summed E-state index contributed by atoms with van der Waals surface area (Å²) in [5.74, 6) is -0.211. The highest BCUT2D eigenvalue weighted by molar-refractivity contribution is 5.65. The Morgan fingerprint density at radius 1 is 1.55 bits per heavy atom. The van der Waals surface area contributed by atoms with Crippen molar-refractivity contribution in [1.82, 2.24) is 0 Å². The fourth-order valence-corrected chi connectivity index (χ4v) is 0.268.